The van der Waals surface area contributed by atoms with E-state index in [0.717, 1.165) is 17.6 Å². The Morgan fingerprint density at radius 1 is 1.39 bits per heavy atom. The Kier molecular flexibility index (Phi) is 3.29. The molecule has 0 saturated carbocycles. The van der Waals surface area contributed by atoms with Gasteiger partial charge in [0.25, 0.3) is 0 Å². The minimum absolute atomic E-state index is 0.740. The third kappa shape index (κ3) is 1.93. The number of ether oxygens (including phenoxy) is 1. The van der Waals surface area contributed by atoms with Crippen LogP contribution in [0.25, 0.3) is 0 Å². The van der Waals surface area contributed by atoms with Gasteiger partial charge in [-0.1, -0.05) is 19.1 Å². The Morgan fingerprint density at radius 2 is 2.28 bits per heavy atom. The predicted molar refractivity (Wildman–Crippen MR) is 74.3 cm³/mol. The van der Waals surface area contributed by atoms with Gasteiger partial charge in [0.1, 0.15) is 5.75 Å². The maximum absolute atomic E-state index is 5.57. The third-order valence-corrected chi connectivity index (χ3v) is 4.59. The Labute approximate surface area is 110 Å². The SMILES string of the molecule is CCCN1CC[C@@H]2c3c(cccc3OC)C[C@H]2C1. The van der Waals surface area contributed by atoms with Gasteiger partial charge in [-0.3, -0.25) is 0 Å². The molecule has 1 aromatic rings. The maximum atomic E-state index is 5.57. The summed E-state index contributed by atoms with van der Waals surface area (Å²) in [7, 11) is 1.80. The number of methoxy groups -OCH3 is 1. The van der Waals surface area contributed by atoms with Gasteiger partial charge in [0.05, 0.1) is 7.11 Å². The molecule has 1 saturated heterocycles. The normalized spacial score (nSPS) is 26.8. The summed E-state index contributed by atoms with van der Waals surface area (Å²) in [6.45, 7) is 6.07. The number of rotatable bonds is 3. The minimum atomic E-state index is 0.740. The van der Waals surface area contributed by atoms with Crippen molar-refractivity contribution >= 4 is 0 Å². The molecule has 1 aliphatic heterocycles. The number of likely N-dealkylation sites (tertiary alicyclic amines) is 1. The number of hydrogen-bond acceptors (Lipinski definition) is 2. The van der Waals surface area contributed by atoms with Crippen LogP contribution in [0.5, 0.6) is 5.75 Å². The molecule has 0 radical (unpaired) electrons. The zero-order valence-electron chi connectivity index (χ0n) is 11.5. The van der Waals surface area contributed by atoms with Crippen molar-refractivity contribution < 1.29 is 4.74 Å². The van der Waals surface area contributed by atoms with Crippen molar-refractivity contribution in [2.24, 2.45) is 5.92 Å². The van der Waals surface area contributed by atoms with Crippen LogP contribution in [0.2, 0.25) is 0 Å². The van der Waals surface area contributed by atoms with Crippen LogP contribution in [0.4, 0.5) is 0 Å². The molecule has 1 aromatic carbocycles. The Balaban J connectivity index is 1.83. The maximum Gasteiger partial charge on any atom is 0.122 e. The zero-order chi connectivity index (χ0) is 12.5. The molecule has 2 heteroatoms. The fraction of sp³-hybridized carbons (Fsp3) is 0.625. The van der Waals surface area contributed by atoms with Gasteiger partial charge in [-0.2, -0.15) is 0 Å². The summed E-state index contributed by atoms with van der Waals surface area (Å²) >= 11 is 0. The van der Waals surface area contributed by atoms with Gasteiger partial charge < -0.3 is 9.64 Å². The van der Waals surface area contributed by atoms with Crippen molar-refractivity contribution in [1.29, 1.82) is 0 Å². The van der Waals surface area contributed by atoms with Crippen molar-refractivity contribution in [1.82, 2.24) is 4.90 Å². The molecular weight excluding hydrogens is 222 g/mol. The van der Waals surface area contributed by atoms with Crippen molar-refractivity contribution in [2.75, 3.05) is 26.7 Å². The average molecular weight is 245 g/mol. The molecule has 0 amide bonds. The van der Waals surface area contributed by atoms with Gasteiger partial charge >= 0.3 is 0 Å². The van der Waals surface area contributed by atoms with Crippen molar-refractivity contribution in [3.63, 3.8) is 0 Å². The van der Waals surface area contributed by atoms with Gasteiger partial charge in [-0.25, -0.2) is 0 Å². The lowest BCUT2D eigenvalue weighted by Crippen LogP contribution is -2.38. The molecule has 1 aliphatic carbocycles. The Hall–Kier alpha value is -1.02. The summed E-state index contributed by atoms with van der Waals surface area (Å²) in [6, 6.07) is 6.55. The quantitative estimate of drug-likeness (QED) is 0.811. The van der Waals surface area contributed by atoms with Crippen molar-refractivity contribution in [3.8, 4) is 5.75 Å². The number of fused-ring (bicyclic) bond motifs is 3. The molecule has 0 aromatic heterocycles. The molecule has 1 fully saturated rings. The van der Waals surface area contributed by atoms with E-state index in [-0.39, 0.29) is 0 Å². The average Bonchev–Trinajstić information content (AvgIpc) is 2.76. The molecule has 98 valence electrons. The Bertz CT molecular complexity index is 429. The van der Waals surface area contributed by atoms with Crippen LogP contribution < -0.4 is 4.74 Å². The topological polar surface area (TPSA) is 12.5 Å². The standard InChI is InChI=1S/C16H23NO/c1-3-8-17-9-7-14-13(11-17)10-12-5-4-6-15(18-2)16(12)14/h4-6,13-14H,3,7-11H2,1-2H3/t13-,14-/m0/s1. The molecular formula is C16H23NO. The Morgan fingerprint density at radius 3 is 3.06 bits per heavy atom. The van der Waals surface area contributed by atoms with Crippen molar-refractivity contribution in [3.05, 3.63) is 29.3 Å². The lowest BCUT2D eigenvalue weighted by molar-refractivity contribution is 0.162. The number of hydrogen-bond donors (Lipinski definition) is 0. The molecule has 0 unspecified atom stereocenters. The van der Waals surface area contributed by atoms with Gasteiger partial charge in [0.2, 0.25) is 0 Å². The molecule has 2 atom stereocenters. The van der Waals surface area contributed by atoms with Gasteiger partial charge in [0.15, 0.2) is 0 Å². The molecule has 1 heterocycles. The summed E-state index contributed by atoms with van der Waals surface area (Å²) in [6.07, 6.45) is 3.82. The number of benzene rings is 1. The number of nitrogens with zero attached hydrogens (tertiary/aromatic N) is 1. The first-order valence-corrected chi connectivity index (χ1v) is 7.21. The van der Waals surface area contributed by atoms with Gasteiger partial charge in [0, 0.05) is 12.1 Å². The van der Waals surface area contributed by atoms with E-state index in [1.165, 1.54) is 50.0 Å². The fourth-order valence-electron chi connectivity index (χ4n) is 3.86. The van der Waals surface area contributed by atoms with E-state index in [1.807, 2.05) is 0 Å². The second-order valence-electron chi connectivity index (χ2n) is 5.69. The summed E-state index contributed by atoms with van der Waals surface area (Å²) in [4.78, 5) is 2.64. The third-order valence-electron chi connectivity index (χ3n) is 4.59. The predicted octanol–water partition coefficient (Wildman–Crippen LogP) is 3.07. The number of piperidine rings is 1. The largest absolute Gasteiger partial charge is 0.496 e. The van der Waals surface area contributed by atoms with Crippen LogP contribution in [-0.2, 0) is 6.42 Å². The van der Waals surface area contributed by atoms with E-state index >= 15 is 0 Å². The van der Waals surface area contributed by atoms with Crippen LogP contribution in [0.1, 0.15) is 36.8 Å². The van der Waals surface area contributed by atoms with E-state index in [2.05, 4.69) is 30.0 Å². The van der Waals surface area contributed by atoms with E-state index in [1.54, 1.807) is 7.11 Å². The highest BCUT2D eigenvalue weighted by atomic mass is 16.5. The van der Waals surface area contributed by atoms with Crippen LogP contribution in [0.3, 0.4) is 0 Å². The second kappa shape index (κ2) is 4.93. The highest BCUT2D eigenvalue weighted by Crippen LogP contribution is 2.46. The molecule has 18 heavy (non-hydrogen) atoms. The van der Waals surface area contributed by atoms with E-state index in [4.69, 9.17) is 4.74 Å². The van der Waals surface area contributed by atoms with Crippen LogP contribution in [-0.4, -0.2) is 31.6 Å². The molecule has 3 rings (SSSR count). The summed E-state index contributed by atoms with van der Waals surface area (Å²) in [5, 5.41) is 0. The summed E-state index contributed by atoms with van der Waals surface area (Å²) < 4.78 is 5.57. The highest BCUT2D eigenvalue weighted by Gasteiger charge is 2.38. The minimum Gasteiger partial charge on any atom is -0.496 e. The molecule has 2 aliphatic rings. The van der Waals surface area contributed by atoms with E-state index in [0.29, 0.717) is 0 Å². The highest BCUT2D eigenvalue weighted by molar-refractivity contribution is 5.47. The zero-order valence-corrected chi connectivity index (χ0v) is 11.5. The lowest BCUT2D eigenvalue weighted by Gasteiger charge is -2.35. The first kappa shape index (κ1) is 12.0. The van der Waals surface area contributed by atoms with Gasteiger partial charge in [-0.15, -0.1) is 0 Å². The van der Waals surface area contributed by atoms with Crippen LogP contribution in [0.15, 0.2) is 18.2 Å². The smallest absolute Gasteiger partial charge is 0.122 e. The lowest BCUT2D eigenvalue weighted by atomic mass is 9.85. The van der Waals surface area contributed by atoms with Crippen molar-refractivity contribution in [2.45, 2.75) is 32.1 Å². The summed E-state index contributed by atoms with van der Waals surface area (Å²) in [5.74, 6) is 2.67. The fourth-order valence-corrected chi connectivity index (χ4v) is 3.86. The molecule has 0 spiro atoms. The van der Waals surface area contributed by atoms with E-state index in [9.17, 15) is 0 Å². The monoisotopic (exact) mass is 245 g/mol. The van der Waals surface area contributed by atoms with Crippen LogP contribution in [0, 0.1) is 5.92 Å². The second-order valence-corrected chi connectivity index (χ2v) is 5.69. The van der Waals surface area contributed by atoms with E-state index < -0.39 is 0 Å². The summed E-state index contributed by atoms with van der Waals surface area (Å²) in [5.41, 5.74) is 3.05. The van der Waals surface area contributed by atoms with Crippen LogP contribution >= 0.6 is 0 Å². The van der Waals surface area contributed by atoms with Gasteiger partial charge in [-0.05, 0) is 55.8 Å². The first-order chi connectivity index (χ1) is 8.83. The first-order valence-electron chi connectivity index (χ1n) is 7.21. The molecule has 0 N–H and O–H groups in total. The molecule has 2 nitrogen and oxygen atoms in total. The molecule has 0 bridgehead atoms.